The molecule has 3 aromatic rings. The minimum atomic E-state index is -0.277. The molecular formula is C19H22N6O2S. The topological polar surface area (TPSA) is 107 Å². The number of fused-ring (bicyclic) bond motifs is 3. The molecule has 0 aliphatic carbocycles. The summed E-state index contributed by atoms with van der Waals surface area (Å²) in [7, 11) is 0. The molecule has 2 aromatic heterocycles. The summed E-state index contributed by atoms with van der Waals surface area (Å²) in [5.74, 6) is -0.128. The lowest BCUT2D eigenvalue weighted by Gasteiger charge is -2.30. The van der Waals surface area contributed by atoms with E-state index in [1.807, 2.05) is 24.3 Å². The first-order valence-electron chi connectivity index (χ1n) is 9.40. The summed E-state index contributed by atoms with van der Waals surface area (Å²) in [6, 6.07) is 8.04. The molecule has 1 saturated heterocycles. The van der Waals surface area contributed by atoms with Gasteiger partial charge < -0.3 is 15.2 Å². The van der Waals surface area contributed by atoms with Gasteiger partial charge in [-0.2, -0.15) is 0 Å². The number of aryl methyl sites for hydroxylation is 1. The molecule has 1 aliphatic rings. The quantitative estimate of drug-likeness (QED) is 0.657. The number of aromatic nitrogens is 4. The van der Waals surface area contributed by atoms with Gasteiger partial charge in [-0.05, 0) is 25.8 Å². The molecule has 2 N–H and O–H groups in total. The van der Waals surface area contributed by atoms with E-state index < -0.39 is 0 Å². The van der Waals surface area contributed by atoms with Crippen molar-refractivity contribution in [3.05, 3.63) is 24.3 Å². The summed E-state index contributed by atoms with van der Waals surface area (Å²) < 4.78 is 2.11. The van der Waals surface area contributed by atoms with Gasteiger partial charge in [-0.15, -0.1) is 10.2 Å². The van der Waals surface area contributed by atoms with Crippen LogP contribution in [0.1, 0.15) is 19.8 Å². The standard InChI is InChI=1S/C19H22N6O2S/c1-2-25-14-6-4-3-5-13(14)16-18(25)21-19(23-22-16)28-11-15(26)24-9-7-12(8-10-24)17(20)27/h3-6,12H,2,7-11H2,1H3,(H2,20,27). The summed E-state index contributed by atoms with van der Waals surface area (Å²) in [6.45, 7) is 3.98. The number of nitrogens with two attached hydrogens (primary N) is 1. The molecular weight excluding hydrogens is 376 g/mol. The maximum atomic E-state index is 12.5. The molecule has 0 saturated carbocycles. The van der Waals surface area contributed by atoms with Gasteiger partial charge in [0.25, 0.3) is 0 Å². The predicted octanol–water partition coefficient (Wildman–Crippen LogP) is 1.82. The second-order valence-corrected chi connectivity index (χ2v) is 7.82. The molecule has 146 valence electrons. The number of amides is 2. The molecule has 1 aliphatic heterocycles. The average Bonchev–Trinajstić information content (AvgIpc) is 3.05. The van der Waals surface area contributed by atoms with Crippen molar-refractivity contribution in [1.82, 2.24) is 24.6 Å². The highest BCUT2D eigenvalue weighted by Gasteiger charge is 2.26. The molecule has 1 aromatic carbocycles. The number of likely N-dealkylation sites (tertiary alicyclic amines) is 1. The number of piperidine rings is 1. The fourth-order valence-electron chi connectivity index (χ4n) is 3.70. The molecule has 28 heavy (non-hydrogen) atoms. The third kappa shape index (κ3) is 3.42. The van der Waals surface area contributed by atoms with Crippen LogP contribution in [-0.4, -0.2) is 55.3 Å². The summed E-state index contributed by atoms with van der Waals surface area (Å²) in [5.41, 5.74) is 8.00. The number of rotatable bonds is 5. The number of para-hydroxylation sites is 1. The summed E-state index contributed by atoms with van der Waals surface area (Å²) in [6.07, 6.45) is 1.26. The zero-order valence-corrected chi connectivity index (χ0v) is 16.5. The van der Waals surface area contributed by atoms with Crippen LogP contribution in [0.25, 0.3) is 22.1 Å². The van der Waals surface area contributed by atoms with Crippen LogP contribution in [0, 0.1) is 5.92 Å². The van der Waals surface area contributed by atoms with E-state index in [1.54, 1.807) is 4.90 Å². The molecule has 3 heterocycles. The zero-order chi connectivity index (χ0) is 19.7. The third-order valence-electron chi connectivity index (χ3n) is 5.25. The normalized spacial score (nSPS) is 15.4. The molecule has 0 unspecified atom stereocenters. The van der Waals surface area contributed by atoms with Crippen LogP contribution in [0.4, 0.5) is 0 Å². The Labute approximate surface area is 166 Å². The van der Waals surface area contributed by atoms with Crippen molar-refractivity contribution in [2.24, 2.45) is 11.7 Å². The largest absolute Gasteiger partial charge is 0.369 e. The van der Waals surface area contributed by atoms with Gasteiger partial charge in [0.15, 0.2) is 5.65 Å². The van der Waals surface area contributed by atoms with Gasteiger partial charge >= 0.3 is 0 Å². The van der Waals surface area contributed by atoms with Gasteiger partial charge in [0.1, 0.15) is 5.52 Å². The Kier molecular flexibility index (Phi) is 5.17. The SMILES string of the molecule is CCn1c2ccccc2c2nnc(SCC(=O)N3CCC(C(N)=O)CC3)nc21. The highest BCUT2D eigenvalue weighted by molar-refractivity contribution is 7.99. The Morgan fingerprint density at radius 3 is 2.68 bits per heavy atom. The van der Waals surface area contributed by atoms with Crippen LogP contribution < -0.4 is 5.73 Å². The van der Waals surface area contributed by atoms with Crippen molar-refractivity contribution in [3.8, 4) is 0 Å². The number of nitrogens with zero attached hydrogens (tertiary/aromatic N) is 5. The summed E-state index contributed by atoms with van der Waals surface area (Å²) in [4.78, 5) is 30.2. The van der Waals surface area contributed by atoms with E-state index in [0.29, 0.717) is 31.1 Å². The Hall–Kier alpha value is -2.68. The van der Waals surface area contributed by atoms with Crippen LogP contribution in [0.3, 0.4) is 0 Å². The molecule has 0 atom stereocenters. The first-order valence-corrected chi connectivity index (χ1v) is 10.4. The van der Waals surface area contributed by atoms with Crippen molar-refractivity contribution in [1.29, 1.82) is 0 Å². The lowest BCUT2D eigenvalue weighted by Crippen LogP contribution is -2.42. The molecule has 0 radical (unpaired) electrons. The fraction of sp³-hybridized carbons (Fsp3) is 0.421. The van der Waals surface area contributed by atoms with Crippen molar-refractivity contribution in [2.45, 2.75) is 31.5 Å². The van der Waals surface area contributed by atoms with Crippen LogP contribution in [-0.2, 0) is 16.1 Å². The number of primary amides is 1. The Morgan fingerprint density at radius 2 is 1.96 bits per heavy atom. The van der Waals surface area contributed by atoms with E-state index in [9.17, 15) is 9.59 Å². The lowest BCUT2D eigenvalue weighted by atomic mass is 9.96. The molecule has 4 rings (SSSR count). The minimum Gasteiger partial charge on any atom is -0.369 e. The monoisotopic (exact) mass is 398 g/mol. The van der Waals surface area contributed by atoms with Crippen LogP contribution in [0.5, 0.6) is 0 Å². The third-order valence-corrected chi connectivity index (χ3v) is 6.07. The van der Waals surface area contributed by atoms with Crippen molar-refractivity contribution in [3.63, 3.8) is 0 Å². The van der Waals surface area contributed by atoms with Crippen molar-refractivity contribution in [2.75, 3.05) is 18.8 Å². The summed E-state index contributed by atoms with van der Waals surface area (Å²) >= 11 is 1.29. The maximum Gasteiger partial charge on any atom is 0.233 e. The van der Waals surface area contributed by atoms with E-state index in [0.717, 1.165) is 28.6 Å². The molecule has 8 nitrogen and oxygen atoms in total. The van der Waals surface area contributed by atoms with Gasteiger partial charge in [-0.25, -0.2) is 4.98 Å². The van der Waals surface area contributed by atoms with E-state index in [2.05, 4.69) is 26.7 Å². The minimum absolute atomic E-state index is 0.0210. The highest BCUT2D eigenvalue weighted by atomic mass is 32.2. The van der Waals surface area contributed by atoms with E-state index >= 15 is 0 Å². The van der Waals surface area contributed by atoms with Gasteiger partial charge in [-0.3, -0.25) is 9.59 Å². The molecule has 2 amide bonds. The number of thioether (sulfide) groups is 1. The first-order chi connectivity index (χ1) is 13.6. The van der Waals surface area contributed by atoms with Crippen LogP contribution >= 0.6 is 11.8 Å². The van der Waals surface area contributed by atoms with Gasteiger partial charge in [0.2, 0.25) is 17.0 Å². The van der Waals surface area contributed by atoms with Gasteiger partial charge in [0, 0.05) is 30.9 Å². The molecule has 0 spiro atoms. The number of benzene rings is 1. The van der Waals surface area contributed by atoms with Crippen LogP contribution in [0.2, 0.25) is 0 Å². The van der Waals surface area contributed by atoms with E-state index in [-0.39, 0.29) is 23.5 Å². The number of hydrogen-bond donors (Lipinski definition) is 1. The smallest absolute Gasteiger partial charge is 0.233 e. The number of carbonyl (C=O) groups is 2. The second kappa shape index (κ2) is 7.75. The maximum absolute atomic E-state index is 12.5. The summed E-state index contributed by atoms with van der Waals surface area (Å²) in [5, 5.41) is 10.1. The van der Waals surface area contributed by atoms with Crippen molar-refractivity contribution < 1.29 is 9.59 Å². The van der Waals surface area contributed by atoms with Gasteiger partial charge in [-0.1, -0.05) is 30.0 Å². The Morgan fingerprint density at radius 1 is 1.21 bits per heavy atom. The van der Waals surface area contributed by atoms with E-state index in [4.69, 9.17) is 5.73 Å². The Bertz CT molecular complexity index is 1040. The molecule has 9 heteroatoms. The van der Waals surface area contributed by atoms with E-state index in [1.165, 1.54) is 11.8 Å². The second-order valence-electron chi connectivity index (χ2n) is 6.87. The molecule has 0 bridgehead atoms. The molecule has 1 fully saturated rings. The lowest BCUT2D eigenvalue weighted by molar-refractivity contribution is -0.132. The number of hydrogen-bond acceptors (Lipinski definition) is 6. The van der Waals surface area contributed by atoms with Gasteiger partial charge in [0.05, 0.1) is 11.3 Å². The average molecular weight is 398 g/mol. The predicted molar refractivity (Wildman–Crippen MR) is 108 cm³/mol. The highest BCUT2D eigenvalue weighted by Crippen LogP contribution is 2.27. The van der Waals surface area contributed by atoms with Crippen molar-refractivity contribution >= 4 is 45.6 Å². The first kappa shape index (κ1) is 18.7. The Balaban J connectivity index is 1.47. The van der Waals surface area contributed by atoms with Crippen LogP contribution in [0.15, 0.2) is 29.4 Å². The number of carbonyl (C=O) groups excluding carboxylic acids is 2. The fourth-order valence-corrected chi connectivity index (χ4v) is 4.39. The zero-order valence-electron chi connectivity index (χ0n) is 15.7.